The third kappa shape index (κ3) is 4.78. The van der Waals surface area contributed by atoms with E-state index in [-0.39, 0.29) is 21.8 Å². The summed E-state index contributed by atoms with van der Waals surface area (Å²) in [5.41, 5.74) is 1.70. The fraction of sp³-hybridized carbons (Fsp3) is 0.308. The molecule has 178 valence electrons. The maximum atomic E-state index is 14.2. The number of phenolic OH excluding ortho intramolecular Hbond substituents is 2. The number of thioether (sulfide) groups is 1. The first-order chi connectivity index (χ1) is 16.5. The fourth-order valence-corrected chi connectivity index (χ4v) is 6.01. The lowest BCUT2D eigenvalue weighted by atomic mass is 9.99. The topological polar surface area (TPSA) is 62.2 Å². The maximum Gasteiger partial charge on any atom is 0.174 e. The lowest BCUT2D eigenvalue weighted by Crippen LogP contribution is -2.25. The van der Waals surface area contributed by atoms with Crippen LogP contribution in [0.25, 0.3) is 0 Å². The number of fused-ring (bicyclic) bond motifs is 1. The lowest BCUT2D eigenvalue weighted by molar-refractivity contribution is 0.189. The first-order valence-electron chi connectivity index (χ1n) is 11.3. The molecule has 2 N–H and O–H groups in total. The van der Waals surface area contributed by atoms with E-state index >= 15 is 0 Å². The molecule has 0 amide bonds. The minimum absolute atomic E-state index is 0.138. The molecule has 0 spiro atoms. The molecule has 1 fully saturated rings. The molecule has 0 aromatic heterocycles. The highest BCUT2D eigenvalue weighted by Gasteiger charge is 2.36. The van der Waals surface area contributed by atoms with Gasteiger partial charge in [0.1, 0.15) is 29.2 Å². The lowest BCUT2D eigenvalue weighted by Gasteiger charge is -2.34. The summed E-state index contributed by atoms with van der Waals surface area (Å²) in [6.45, 7) is 3.83. The Balaban J connectivity index is 1.41. The van der Waals surface area contributed by atoms with Crippen molar-refractivity contribution in [1.82, 2.24) is 4.90 Å². The molecule has 2 atom stereocenters. The zero-order valence-corrected chi connectivity index (χ0v) is 20.0. The molecule has 34 heavy (non-hydrogen) atoms. The molecule has 0 aliphatic carbocycles. The van der Waals surface area contributed by atoms with E-state index in [0.29, 0.717) is 11.5 Å². The third-order valence-corrected chi connectivity index (χ3v) is 7.85. The van der Waals surface area contributed by atoms with Crippen molar-refractivity contribution in [3.05, 3.63) is 76.6 Å². The van der Waals surface area contributed by atoms with Gasteiger partial charge in [0.2, 0.25) is 0 Å². The summed E-state index contributed by atoms with van der Waals surface area (Å²) in [6, 6.07) is 15.9. The fourth-order valence-electron chi connectivity index (χ4n) is 4.39. The number of rotatable bonds is 6. The van der Waals surface area contributed by atoms with Gasteiger partial charge in [-0.25, -0.2) is 4.39 Å². The van der Waals surface area contributed by atoms with Crippen molar-refractivity contribution in [1.29, 1.82) is 0 Å². The molecule has 8 heteroatoms. The molecular weight excluding hydrogens is 477 g/mol. The van der Waals surface area contributed by atoms with Crippen LogP contribution in [-0.4, -0.2) is 41.4 Å². The zero-order valence-electron chi connectivity index (χ0n) is 18.4. The van der Waals surface area contributed by atoms with Crippen LogP contribution in [0, 0.1) is 5.82 Å². The molecule has 2 aliphatic heterocycles. The van der Waals surface area contributed by atoms with Crippen molar-refractivity contribution in [2.75, 3.05) is 26.2 Å². The van der Waals surface area contributed by atoms with Gasteiger partial charge in [-0.1, -0.05) is 35.9 Å². The van der Waals surface area contributed by atoms with E-state index < -0.39 is 17.7 Å². The Morgan fingerprint density at radius 2 is 1.82 bits per heavy atom. The Labute approximate surface area is 207 Å². The average Bonchev–Trinajstić information content (AvgIpc) is 3.36. The van der Waals surface area contributed by atoms with Crippen LogP contribution in [-0.2, 0) is 0 Å². The quantitative estimate of drug-likeness (QED) is 0.411. The van der Waals surface area contributed by atoms with Crippen LogP contribution in [0.5, 0.6) is 23.0 Å². The predicted molar refractivity (Wildman–Crippen MR) is 131 cm³/mol. The van der Waals surface area contributed by atoms with Crippen LogP contribution in [0.15, 0.2) is 59.5 Å². The van der Waals surface area contributed by atoms with E-state index in [0.717, 1.165) is 36.5 Å². The second-order valence-corrected chi connectivity index (χ2v) is 10.0. The summed E-state index contributed by atoms with van der Waals surface area (Å²) in [5.74, 6) is -0.267. The van der Waals surface area contributed by atoms with Gasteiger partial charge in [-0.15, -0.1) is 11.8 Å². The number of nitrogens with zero attached hydrogens (tertiary/aromatic N) is 1. The van der Waals surface area contributed by atoms with Gasteiger partial charge >= 0.3 is 0 Å². The van der Waals surface area contributed by atoms with Crippen LogP contribution >= 0.6 is 23.4 Å². The molecule has 1 saturated heterocycles. The number of likely N-dealkylation sites (tertiary alicyclic amines) is 1. The Morgan fingerprint density at radius 1 is 1.06 bits per heavy atom. The smallest absolute Gasteiger partial charge is 0.174 e. The maximum absolute atomic E-state index is 14.2. The van der Waals surface area contributed by atoms with Crippen molar-refractivity contribution >= 4 is 23.4 Å². The largest absolute Gasteiger partial charge is 0.508 e. The summed E-state index contributed by atoms with van der Waals surface area (Å²) < 4.78 is 26.4. The molecule has 5 rings (SSSR count). The summed E-state index contributed by atoms with van der Waals surface area (Å²) in [5, 5.41) is 19.6. The highest BCUT2D eigenvalue weighted by atomic mass is 35.5. The van der Waals surface area contributed by atoms with Crippen molar-refractivity contribution in [3.8, 4) is 23.0 Å². The highest BCUT2D eigenvalue weighted by Crippen LogP contribution is 2.57. The van der Waals surface area contributed by atoms with Crippen molar-refractivity contribution in [2.24, 2.45) is 0 Å². The van der Waals surface area contributed by atoms with Crippen LogP contribution in [0.3, 0.4) is 0 Å². The molecule has 3 aromatic rings. The summed E-state index contributed by atoms with van der Waals surface area (Å²) in [7, 11) is 0. The minimum Gasteiger partial charge on any atom is -0.508 e. The molecule has 5 nitrogen and oxygen atoms in total. The number of aromatic hydroxyl groups is 2. The van der Waals surface area contributed by atoms with Crippen LogP contribution in [0.4, 0.5) is 4.39 Å². The summed E-state index contributed by atoms with van der Waals surface area (Å²) in [4.78, 5) is 2.90. The number of halogens is 2. The first-order valence-corrected chi connectivity index (χ1v) is 12.5. The zero-order chi connectivity index (χ0) is 23.7. The second-order valence-electron chi connectivity index (χ2n) is 8.49. The van der Waals surface area contributed by atoms with Crippen molar-refractivity contribution in [2.45, 2.75) is 29.1 Å². The SMILES string of the molecule is Oc1cccc([C@H]2Sc3cc(F)c(O)c(Cl)c3O[C@H]2c2ccc(OCCN3CCCC3)cc2)c1. The van der Waals surface area contributed by atoms with Gasteiger partial charge in [-0.05, 0) is 67.4 Å². The first kappa shape index (κ1) is 23.1. The van der Waals surface area contributed by atoms with E-state index in [2.05, 4.69) is 4.90 Å². The highest BCUT2D eigenvalue weighted by molar-refractivity contribution is 7.99. The normalized spacial score (nSPS) is 20.1. The molecule has 0 bridgehead atoms. The van der Waals surface area contributed by atoms with Gasteiger partial charge in [-0.2, -0.15) is 0 Å². The second kappa shape index (κ2) is 9.94. The Morgan fingerprint density at radius 3 is 2.56 bits per heavy atom. The number of phenols is 2. The summed E-state index contributed by atoms with van der Waals surface area (Å²) >= 11 is 7.61. The van der Waals surface area contributed by atoms with Crippen LogP contribution in [0.2, 0.25) is 5.02 Å². The average molecular weight is 502 g/mol. The number of benzene rings is 3. The third-order valence-electron chi connectivity index (χ3n) is 6.17. The van der Waals surface area contributed by atoms with Crippen LogP contribution < -0.4 is 9.47 Å². The minimum atomic E-state index is -0.802. The Kier molecular flexibility index (Phi) is 6.77. The van der Waals surface area contributed by atoms with E-state index in [1.165, 1.54) is 30.7 Å². The van der Waals surface area contributed by atoms with Gasteiger partial charge < -0.3 is 19.7 Å². The van der Waals surface area contributed by atoms with Crippen LogP contribution in [0.1, 0.15) is 35.3 Å². The summed E-state index contributed by atoms with van der Waals surface area (Å²) in [6.07, 6.45) is 2.03. The van der Waals surface area contributed by atoms with Crippen molar-refractivity contribution < 1.29 is 24.1 Å². The van der Waals surface area contributed by atoms with Gasteiger partial charge in [0, 0.05) is 6.54 Å². The van der Waals surface area contributed by atoms with E-state index in [1.807, 2.05) is 30.3 Å². The number of ether oxygens (including phenoxy) is 2. The molecular formula is C26H25ClFNO4S. The molecule has 0 saturated carbocycles. The molecule has 2 aliphatic rings. The Hall–Kier alpha value is -2.61. The number of hydrogen-bond donors (Lipinski definition) is 2. The Bertz CT molecular complexity index is 1170. The van der Waals surface area contributed by atoms with Gasteiger partial charge in [0.25, 0.3) is 0 Å². The van der Waals surface area contributed by atoms with Crippen molar-refractivity contribution in [3.63, 3.8) is 0 Å². The molecule has 3 aromatic carbocycles. The molecule has 2 heterocycles. The van der Waals surface area contributed by atoms with E-state index in [9.17, 15) is 14.6 Å². The van der Waals surface area contributed by atoms with Gasteiger partial charge in [0.05, 0.1) is 10.1 Å². The van der Waals surface area contributed by atoms with E-state index in [4.69, 9.17) is 21.1 Å². The standard InChI is InChI=1S/C26H25ClFNO4S/c27-22-23(31)20(28)15-21-25(22)33-24(26(34-21)17-4-3-5-18(30)14-17)16-6-8-19(9-7-16)32-13-12-29-10-1-2-11-29/h3-9,14-15,24,26,30-31H,1-2,10-13H2/t24-,26+/m0/s1. The number of hydrogen-bond acceptors (Lipinski definition) is 6. The van der Waals surface area contributed by atoms with Gasteiger partial charge in [-0.3, -0.25) is 4.90 Å². The van der Waals surface area contributed by atoms with Gasteiger partial charge in [0.15, 0.2) is 17.3 Å². The van der Waals surface area contributed by atoms with E-state index in [1.54, 1.807) is 18.2 Å². The predicted octanol–water partition coefficient (Wildman–Crippen LogP) is 6.33. The molecule has 0 radical (unpaired) electrons. The molecule has 0 unspecified atom stereocenters. The monoisotopic (exact) mass is 501 g/mol.